The van der Waals surface area contributed by atoms with Gasteiger partial charge in [0.1, 0.15) is 11.5 Å². The third-order valence-corrected chi connectivity index (χ3v) is 6.72. The fourth-order valence-electron chi connectivity index (χ4n) is 3.18. The van der Waals surface area contributed by atoms with Gasteiger partial charge in [0.2, 0.25) is 5.91 Å². The third kappa shape index (κ3) is 3.67. The van der Waals surface area contributed by atoms with Gasteiger partial charge >= 0.3 is 0 Å². The minimum atomic E-state index is -3.66. The molecule has 3 rings (SSSR count). The molecule has 0 saturated heterocycles. The third-order valence-electron chi connectivity index (χ3n) is 4.43. The van der Waals surface area contributed by atoms with Crippen LogP contribution in [0.3, 0.4) is 0 Å². The number of nitrogens with one attached hydrogen (secondary N) is 1. The van der Waals surface area contributed by atoms with Gasteiger partial charge in [0.15, 0.2) is 9.84 Å². The summed E-state index contributed by atoms with van der Waals surface area (Å²) in [6.45, 7) is 0. The van der Waals surface area contributed by atoms with E-state index in [1.165, 1.54) is 12.1 Å². The molecule has 0 radical (unpaired) electrons. The standard InChI is InChI=1S/C18H19NO5S/c20-18(19-21)16-7-4-8-17(16)25(22,23)15-11-9-14(10-12-15)24-13-5-2-1-3-6-13/h1-3,5-6,9-12,16-17,21H,4,7-8H2,(H,19,20)/t16-,17-/m1/s1. The lowest BCUT2D eigenvalue weighted by molar-refractivity contribution is -0.133. The smallest absolute Gasteiger partial charge is 0.247 e. The quantitative estimate of drug-likeness (QED) is 0.631. The number of hydroxylamine groups is 1. The van der Waals surface area contributed by atoms with Crippen molar-refractivity contribution in [1.82, 2.24) is 5.48 Å². The Bertz CT molecular complexity index is 834. The Morgan fingerprint density at radius 1 is 1.00 bits per heavy atom. The molecule has 1 aliphatic rings. The van der Waals surface area contributed by atoms with E-state index in [9.17, 15) is 13.2 Å². The van der Waals surface area contributed by atoms with E-state index in [1.54, 1.807) is 29.7 Å². The molecule has 2 aromatic rings. The Balaban J connectivity index is 1.80. The molecule has 6 nitrogen and oxygen atoms in total. The molecule has 1 aliphatic carbocycles. The number of hydrogen-bond acceptors (Lipinski definition) is 5. The van der Waals surface area contributed by atoms with Crippen molar-refractivity contribution < 1.29 is 23.2 Å². The van der Waals surface area contributed by atoms with Gasteiger partial charge in [-0.15, -0.1) is 0 Å². The molecule has 1 saturated carbocycles. The SMILES string of the molecule is O=C(NO)[C@@H]1CCC[C@H]1S(=O)(=O)c1ccc(Oc2ccccc2)cc1. The molecule has 132 valence electrons. The summed E-state index contributed by atoms with van der Waals surface area (Å²) in [5, 5.41) is 8.00. The molecule has 25 heavy (non-hydrogen) atoms. The summed E-state index contributed by atoms with van der Waals surface area (Å²) in [5.41, 5.74) is 1.57. The van der Waals surface area contributed by atoms with E-state index in [-0.39, 0.29) is 4.90 Å². The highest BCUT2D eigenvalue weighted by atomic mass is 32.2. The first-order valence-electron chi connectivity index (χ1n) is 8.03. The maximum absolute atomic E-state index is 12.8. The molecule has 2 N–H and O–H groups in total. The monoisotopic (exact) mass is 361 g/mol. The fraction of sp³-hybridized carbons (Fsp3) is 0.278. The number of para-hydroxylation sites is 1. The number of amides is 1. The molecule has 0 unspecified atom stereocenters. The van der Waals surface area contributed by atoms with E-state index in [0.717, 1.165) is 0 Å². The van der Waals surface area contributed by atoms with Crippen LogP contribution in [0.5, 0.6) is 11.5 Å². The van der Waals surface area contributed by atoms with Crippen molar-refractivity contribution in [1.29, 1.82) is 0 Å². The molecule has 1 amide bonds. The predicted octanol–water partition coefficient (Wildman–Crippen LogP) is 2.93. The van der Waals surface area contributed by atoms with Crippen LogP contribution in [-0.2, 0) is 14.6 Å². The first kappa shape index (κ1) is 17.4. The lowest BCUT2D eigenvalue weighted by Crippen LogP contribution is -2.36. The molecule has 0 aliphatic heterocycles. The summed E-state index contributed by atoms with van der Waals surface area (Å²) in [6.07, 6.45) is 1.49. The maximum atomic E-state index is 12.8. The molecule has 1 fully saturated rings. The van der Waals surface area contributed by atoms with Crippen LogP contribution in [0, 0.1) is 5.92 Å². The number of sulfone groups is 1. The van der Waals surface area contributed by atoms with Gasteiger partial charge in [-0.05, 0) is 49.2 Å². The minimum Gasteiger partial charge on any atom is -0.457 e. The zero-order valence-electron chi connectivity index (χ0n) is 13.5. The maximum Gasteiger partial charge on any atom is 0.247 e. The predicted molar refractivity (Wildman–Crippen MR) is 91.2 cm³/mol. The first-order chi connectivity index (χ1) is 12.0. The lowest BCUT2D eigenvalue weighted by atomic mass is 10.1. The van der Waals surface area contributed by atoms with Crippen molar-refractivity contribution in [2.24, 2.45) is 5.92 Å². The molecule has 7 heteroatoms. The van der Waals surface area contributed by atoms with E-state index < -0.39 is 26.9 Å². The molecule has 2 atom stereocenters. The highest BCUT2D eigenvalue weighted by Gasteiger charge is 2.42. The van der Waals surface area contributed by atoms with E-state index in [1.807, 2.05) is 18.2 Å². The van der Waals surface area contributed by atoms with Crippen LogP contribution in [0.4, 0.5) is 0 Å². The lowest BCUT2D eigenvalue weighted by Gasteiger charge is -2.18. The molecular weight excluding hydrogens is 342 g/mol. The molecule has 2 aromatic carbocycles. The van der Waals surface area contributed by atoms with E-state index in [4.69, 9.17) is 9.94 Å². The second kappa shape index (κ2) is 7.25. The fourth-order valence-corrected chi connectivity index (χ4v) is 5.21. The van der Waals surface area contributed by atoms with E-state index in [2.05, 4.69) is 0 Å². The van der Waals surface area contributed by atoms with Crippen LogP contribution < -0.4 is 10.2 Å². The highest BCUT2D eigenvalue weighted by molar-refractivity contribution is 7.92. The van der Waals surface area contributed by atoms with Crippen molar-refractivity contribution in [3.63, 3.8) is 0 Å². The van der Waals surface area contributed by atoms with Gasteiger partial charge in [-0.2, -0.15) is 0 Å². The van der Waals surface area contributed by atoms with E-state index in [0.29, 0.717) is 30.8 Å². The number of rotatable bonds is 5. The van der Waals surface area contributed by atoms with Gasteiger partial charge in [0.25, 0.3) is 0 Å². The van der Waals surface area contributed by atoms with Crippen LogP contribution in [0.15, 0.2) is 59.5 Å². The van der Waals surface area contributed by atoms with Crippen molar-refractivity contribution in [2.45, 2.75) is 29.4 Å². The Morgan fingerprint density at radius 3 is 2.28 bits per heavy atom. The largest absolute Gasteiger partial charge is 0.457 e. The number of carbonyl (C=O) groups excluding carboxylic acids is 1. The van der Waals surface area contributed by atoms with Crippen molar-refractivity contribution in [3.8, 4) is 11.5 Å². The summed E-state index contributed by atoms with van der Waals surface area (Å²) in [5.74, 6) is -0.180. The van der Waals surface area contributed by atoms with Gasteiger partial charge in [0, 0.05) is 0 Å². The van der Waals surface area contributed by atoms with Crippen molar-refractivity contribution >= 4 is 15.7 Å². The average Bonchev–Trinajstić information content (AvgIpc) is 3.13. The van der Waals surface area contributed by atoms with Crippen LogP contribution in [0.2, 0.25) is 0 Å². The number of hydrogen-bond donors (Lipinski definition) is 2. The summed E-state index contributed by atoms with van der Waals surface area (Å²) < 4.78 is 31.3. The van der Waals surface area contributed by atoms with Gasteiger partial charge in [0.05, 0.1) is 16.1 Å². The van der Waals surface area contributed by atoms with Gasteiger partial charge in [-0.3, -0.25) is 10.0 Å². The summed E-state index contributed by atoms with van der Waals surface area (Å²) in [6, 6.07) is 15.3. The summed E-state index contributed by atoms with van der Waals surface area (Å²) in [4.78, 5) is 11.9. The van der Waals surface area contributed by atoms with Gasteiger partial charge < -0.3 is 4.74 Å². The average molecular weight is 361 g/mol. The molecule has 0 aromatic heterocycles. The molecule has 0 spiro atoms. The first-order valence-corrected chi connectivity index (χ1v) is 9.58. The topological polar surface area (TPSA) is 92.7 Å². The normalized spacial score (nSPS) is 20.2. The number of carbonyl (C=O) groups is 1. The molecular formula is C18H19NO5S. The van der Waals surface area contributed by atoms with Crippen LogP contribution in [0.1, 0.15) is 19.3 Å². The molecule has 0 heterocycles. The Kier molecular flexibility index (Phi) is 5.06. The zero-order valence-corrected chi connectivity index (χ0v) is 14.3. The second-order valence-corrected chi connectivity index (χ2v) is 8.15. The summed E-state index contributed by atoms with van der Waals surface area (Å²) in [7, 11) is -3.66. The Morgan fingerprint density at radius 2 is 1.64 bits per heavy atom. The number of ether oxygens (including phenoxy) is 1. The van der Waals surface area contributed by atoms with Gasteiger partial charge in [-0.25, -0.2) is 13.9 Å². The number of benzene rings is 2. The van der Waals surface area contributed by atoms with Crippen LogP contribution >= 0.6 is 0 Å². The van der Waals surface area contributed by atoms with Crippen LogP contribution in [-0.4, -0.2) is 24.8 Å². The van der Waals surface area contributed by atoms with Crippen molar-refractivity contribution in [2.75, 3.05) is 0 Å². The van der Waals surface area contributed by atoms with Gasteiger partial charge in [-0.1, -0.05) is 24.6 Å². The minimum absolute atomic E-state index is 0.149. The highest BCUT2D eigenvalue weighted by Crippen LogP contribution is 2.35. The Labute approximate surface area is 146 Å². The molecule has 0 bridgehead atoms. The summed E-state index contributed by atoms with van der Waals surface area (Å²) >= 11 is 0. The zero-order chi connectivity index (χ0) is 17.9. The van der Waals surface area contributed by atoms with Crippen LogP contribution in [0.25, 0.3) is 0 Å². The van der Waals surface area contributed by atoms with E-state index >= 15 is 0 Å². The Hall–Kier alpha value is -2.38. The second-order valence-electron chi connectivity index (χ2n) is 5.98. The van der Waals surface area contributed by atoms with Crippen molar-refractivity contribution in [3.05, 3.63) is 54.6 Å².